The third kappa shape index (κ3) is 3.92. The van der Waals surface area contributed by atoms with Crippen LogP contribution >= 0.6 is 11.3 Å². The maximum absolute atomic E-state index is 11.9. The van der Waals surface area contributed by atoms with Gasteiger partial charge in [-0.2, -0.15) is 4.98 Å². The quantitative estimate of drug-likeness (QED) is 0.846. The molecular weight excluding hydrogens is 300 g/mol. The topological polar surface area (TPSA) is 71.3 Å². The molecule has 22 heavy (non-hydrogen) atoms. The summed E-state index contributed by atoms with van der Waals surface area (Å²) in [5.41, 5.74) is 0. The molecule has 1 N–H and O–H groups in total. The van der Waals surface area contributed by atoms with Crippen LogP contribution in [0.1, 0.15) is 41.8 Å². The Balaban J connectivity index is 1.42. The molecule has 1 saturated carbocycles. The molecule has 118 valence electrons. The number of hydrogen-bond acceptors (Lipinski definition) is 6. The Hall–Kier alpha value is -1.73. The van der Waals surface area contributed by atoms with Crippen molar-refractivity contribution >= 4 is 17.2 Å². The average Bonchev–Trinajstić information content (AvgIpc) is 3.06. The van der Waals surface area contributed by atoms with E-state index in [2.05, 4.69) is 15.5 Å². The Kier molecular flexibility index (Phi) is 4.84. The minimum absolute atomic E-state index is 0.00129. The molecule has 2 aromatic heterocycles. The molecule has 6 nitrogen and oxygen atoms in total. The number of nitrogens with zero attached hydrogens (tertiary/aromatic N) is 3. The lowest BCUT2D eigenvalue weighted by Crippen LogP contribution is -2.34. The monoisotopic (exact) mass is 320 g/mol. The standard InChI is InChI=1S/C15H20N4O2S/c1-19(10-14(20)16-8-12-6-3-7-22-12)9-13-17-15(21-18-13)11-4-2-5-11/h3,6-7,11H,2,4-5,8-10H2,1H3,(H,16,20). The van der Waals surface area contributed by atoms with Crippen molar-refractivity contribution in [2.75, 3.05) is 13.6 Å². The predicted octanol–water partition coefficient (Wildman–Crippen LogP) is 2.15. The molecular formula is C15H20N4O2S. The summed E-state index contributed by atoms with van der Waals surface area (Å²) in [5.74, 6) is 1.84. The van der Waals surface area contributed by atoms with E-state index in [4.69, 9.17) is 4.52 Å². The second-order valence-corrected chi connectivity index (χ2v) is 6.74. The van der Waals surface area contributed by atoms with Crippen LogP contribution in [-0.2, 0) is 17.9 Å². The summed E-state index contributed by atoms with van der Waals surface area (Å²) in [5, 5.41) is 8.91. The van der Waals surface area contributed by atoms with Crippen molar-refractivity contribution in [3.8, 4) is 0 Å². The van der Waals surface area contributed by atoms with Crippen LogP contribution in [0.5, 0.6) is 0 Å². The summed E-state index contributed by atoms with van der Waals surface area (Å²) >= 11 is 1.64. The van der Waals surface area contributed by atoms with E-state index >= 15 is 0 Å². The van der Waals surface area contributed by atoms with Crippen LogP contribution in [0.15, 0.2) is 22.0 Å². The fourth-order valence-electron chi connectivity index (χ4n) is 2.35. The van der Waals surface area contributed by atoms with Crippen LogP contribution in [0.3, 0.4) is 0 Å². The zero-order valence-corrected chi connectivity index (χ0v) is 13.4. The van der Waals surface area contributed by atoms with E-state index in [1.54, 1.807) is 11.3 Å². The lowest BCUT2D eigenvalue weighted by molar-refractivity contribution is -0.122. The first-order valence-electron chi connectivity index (χ1n) is 7.51. The van der Waals surface area contributed by atoms with E-state index in [9.17, 15) is 4.79 Å². The van der Waals surface area contributed by atoms with Gasteiger partial charge >= 0.3 is 0 Å². The van der Waals surface area contributed by atoms with E-state index in [-0.39, 0.29) is 5.91 Å². The Labute approximate surface area is 133 Å². The van der Waals surface area contributed by atoms with Gasteiger partial charge in [0, 0.05) is 10.8 Å². The highest BCUT2D eigenvalue weighted by Crippen LogP contribution is 2.35. The maximum Gasteiger partial charge on any atom is 0.234 e. The van der Waals surface area contributed by atoms with Gasteiger partial charge < -0.3 is 9.84 Å². The summed E-state index contributed by atoms with van der Waals surface area (Å²) < 4.78 is 5.28. The second-order valence-electron chi connectivity index (χ2n) is 5.71. The Bertz CT molecular complexity index is 607. The molecule has 1 fully saturated rings. The number of aromatic nitrogens is 2. The van der Waals surface area contributed by atoms with Crippen LogP contribution in [-0.4, -0.2) is 34.5 Å². The third-order valence-electron chi connectivity index (χ3n) is 3.80. The summed E-state index contributed by atoms with van der Waals surface area (Å²) in [6, 6.07) is 3.99. The first-order chi connectivity index (χ1) is 10.7. The zero-order valence-electron chi connectivity index (χ0n) is 12.6. The molecule has 7 heteroatoms. The summed E-state index contributed by atoms with van der Waals surface area (Å²) in [6.07, 6.45) is 3.53. The number of thiophene rings is 1. The van der Waals surface area contributed by atoms with Gasteiger partial charge in [0.25, 0.3) is 0 Å². The van der Waals surface area contributed by atoms with Crippen LogP contribution in [0, 0.1) is 0 Å². The van der Waals surface area contributed by atoms with Crippen molar-refractivity contribution in [2.45, 2.75) is 38.3 Å². The highest BCUT2D eigenvalue weighted by atomic mass is 32.1. The molecule has 0 saturated heterocycles. The van der Waals surface area contributed by atoms with Gasteiger partial charge in [0.2, 0.25) is 11.8 Å². The first-order valence-corrected chi connectivity index (χ1v) is 8.39. The minimum atomic E-state index is -0.00129. The molecule has 0 spiro atoms. The largest absolute Gasteiger partial charge is 0.350 e. The number of nitrogens with one attached hydrogen (secondary N) is 1. The van der Waals surface area contributed by atoms with Gasteiger partial charge in [-0.15, -0.1) is 11.3 Å². The van der Waals surface area contributed by atoms with Gasteiger partial charge in [-0.25, -0.2) is 0 Å². The van der Waals surface area contributed by atoms with Crippen molar-refractivity contribution in [3.63, 3.8) is 0 Å². The molecule has 0 unspecified atom stereocenters. The molecule has 2 heterocycles. The van der Waals surface area contributed by atoms with Crippen LogP contribution in [0.4, 0.5) is 0 Å². The Morgan fingerprint density at radius 1 is 1.55 bits per heavy atom. The number of rotatable bonds is 7. The van der Waals surface area contributed by atoms with Crippen molar-refractivity contribution in [1.82, 2.24) is 20.4 Å². The number of amides is 1. The van der Waals surface area contributed by atoms with Gasteiger partial charge in [0.05, 0.1) is 19.6 Å². The molecule has 0 atom stereocenters. The molecule has 3 rings (SSSR count). The number of hydrogen-bond donors (Lipinski definition) is 1. The molecule has 1 aliphatic rings. The van der Waals surface area contributed by atoms with Gasteiger partial charge in [0.15, 0.2) is 5.82 Å². The minimum Gasteiger partial charge on any atom is -0.350 e. The molecule has 0 radical (unpaired) electrons. The van der Waals surface area contributed by atoms with Crippen molar-refractivity contribution in [2.24, 2.45) is 0 Å². The highest BCUT2D eigenvalue weighted by Gasteiger charge is 2.25. The van der Waals surface area contributed by atoms with Gasteiger partial charge in [-0.05, 0) is 31.3 Å². The molecule has 0 aromatic carbocycles. The highest BCUT2D eigenvalue weighted by molar-refractivity contribution is 7.09. The first kappa shape index (κ1) is 15.2. The SMILES string of the molecule is CN(CC(=O)NCc1cccs1)Cc1noc(C2CCC2)n1. The number of likely N-dealkylation sites (N-methyl/N-ethyl adjacent to an activating group) is 1. The van der Waals surface area contributed by atoms with Crippen LogP contribution < -0.4 is 5.32 Å². The van der Waals surface area contributed by atoms with Crippen molar-refractivity contribution in [3.05, 3.63) is 34.1 Å². The van der Waals surface area contributed by atoms with Crippen LogP contribution in [0.2, 0.25) is 0 Å². The molecule has 2 aromatic rings. The summed E-state index contributed by atoms with van der Waals surface area (Å²) in [7, 11) is 1.88. The summed E-state index contributed by atoms with van der Waals surface area (Å²) in [6.45, 7) is 1.42. The lowest BCUT2D eigenvalue weighted by Gasteiger charge is -2.20. The molecule has 1 amide bonds. The fraction of sp³-hybridized carbons (Fsp3) is 0.533. The van der Waals surface area contributed by atoms with Gasteiger partial charge in [0.1, 0.15) is 0 Å². The second kappa shape index (κ2) is 7.02. The Morgan fingerprint density at radius 3 is 3.09 bits per heavy atom. The number of carbonyl (C=O) groups excluding carboxylic acids is 1. The molecule has 0 aliphatic heterocycles. The van der Waals surface area contributed by atoms with E-state index in [1.807, 2.05) is 29.5 Å². The van der Waals surface area contributed by atoms with Crippen LogP contribution in [0.25, 0.3) is 0 Å². The summed E-state index contributed by atoms with van der Waals surface area (Å²) in [4.78, 5) is 19.4. The molecule has 1 aliphatic carbocycles. The predicted molar refractivity (Wildman–Crippen MR) is 83.4 cm³/mol. The van der Waals surface area contributed by atoms with E-state index < -0.39 is 0 Å². The Morgan fingerprint density at radius 2 is 2.41 bits per heavy atom. The molecule has 0 bridgehead atoms. The van der Waals surface area contributed by atoms with Gasteiger partial charge in [-0.3, -0.25) is 9.69 Å². The zero-order chi connectivity index (χ0) is 15.4. The van der Waals surface area contributed by atoms with Gasteiger partial charge in [-0.1, -0.05) is 17.6 Å². The fourth-order valence-corrected chi connectivity index (χ4v) is 2.99. The van der Waals surface area contributed by atoms with E-state index in [1.165, 1.54) is 6.42 Å². The van der Waals surface area contributed by atoms with Crippen molar-refractivity contribution < 1.29 is 9.32 Å². The maximum atomic E-state index is 11.9. The third-order valence-corrected chi connectivity index (χ3v) is 4.68. The van der Waals surface area contributed by atoms with E-state index in [0.717, 1.165) is 23.6 Å². The van der Waals surface area contributed by atoms with Crippen molar-refractivity contribution in [1.29, 1.82) is 0 Å². The average molecular weight is 320 g/mol. The number of carbonyl (C=O) groups is 1. The normalized spacial score (nSPS) is 15.0. The lowest BCUT2D eigenvalue weighted by atomic mass is 9.85. The van der Waals surface area contributed by atoms with E-state index in [0.29, 0.717) is 31.4 Å². The smallest absolute Gasteiger partial charge is 0.234 e.